The van der Waals surface area contributed by atoms with Crippen LogP contribution < -0.4 is 5.48 Å². The van der Waals surface area contributed by atoms with Crippen molar-refractivity contribution < 1.29 is 14.4 Å². The Bertz CT molecular complexity index is 253. The molecule has 1 atom stereocenters. The predicted octanol–water partition coefficient (Wildman–Crippen LogP) is 0.168. The summed E-state index contributed by atoms with van der Waals surface area (Å²) in [7, 11) is 1.70. The molecule has 1 heterocycles. The Hall–Kier alpha value is -1.10. The lowest BCUT2D eigenvalue weighted by Crippen LogP contribution is -2.33. The van der Waals surface area contributed by atoms with Gasteiger partial charge in [-0.1, -0.05) is 13.8 Å². The Balaban J connectivity index is 2.26. The van der Waals surface area contributed by atoms with Gasteiger partial charge in [0.25, 0.3) is 0 Å². The molecule has 1 aliphatic heterocycles. The standard InChI is InChI=1S/C10H18N2O3/c1-7(2)6-15-11-10(14)8-4-9(13)12(3)5-8/h7-8H,4-6H2,1-3H3,(H,11,14). The summed E-state index contributed by atoms with van der Waals surface area (Å²) < 4.78 is 0. The Kier molecular flexibility index (Phi) is 4.08. The van der Waals surface area contributed by atoms with Crippen molar-refractivity contribution >= 4 is 11.8 Å². The molecule has 0 bridgehead atoms. The van der Waals surface area contributed by atoms with E-state index in [1.807, 2.05) is 13.8 Å². The van der Waals surface area contributed by atoms with Crippen LogP contribution in [0.5, 0.6) is 0 Å². The highest BCUT2D eigenvalue weighted by molar-refractivity contribution is 5.88. The zero-order valence-corrected chi connectivity index (χ0v) is 9.45. The van der Waals surface area contributed by atoms with Crippen molar-refractivity contribution in [3.8, 4) is 0 Å². The lowest BCUT2D eigenvalue weighted by Gasteiger charge is -2.11. The molecule has 0 radical (unpaired) electrons. The van der Waals surface area contributed by atoms with Crippen LogP contribution >= 0.6 is 0 Å². The van der Waals surface area contributed by atoms with Gasteiger partial charge in [0.2, 0.25) is 11.8 Å². The fourth-order valence-corrected chi connectivity index (χ4v) is 1.40. The molecule has 0 aromatic heterocycles. The monoisotopic (exact) mass is 214 g/mol. The molecule has 1 fully saturated rings. The van der Waals surface area contributed by atoms with Gasteiger partial charge in [0.05, 0.1) is 12.5 Å². The van der Waals surface area contributed by atoms with E-state index in [1.165, 1.54) is 0 Å². The van der Waals surface area contributed by atoms with Gasteiger partial charge < -0.3 is 4.90 Å². The summed E-state index contributed by atoms with van der Waals surface area (Å²) in [5.74, 6) is -0.0831. The van der Waals surface area contributed by atoms with Crippen LogP contribution in [0.15, 0.2) is 0 Å². The van der Waals surface area contributed by atoms with Crippen molar-refractivity contribution in [2.24, 2.45) is 11.8 Å². The summed E-state index contributed by atoms with van der Waals surface area (Å²) in [5.41, 5.74) is 2.38. The van der Waals surface area contributed by atoms with Crippen molar-refractivity contribution in [1.82, 2.24) is 10.4 Å². The zero-order chi connectivity index (χ0) is 11.4. The van der Waals surface area contributed by atoms with Crippen molar-refractivity contribution in [3.05, 3.63) is 0 Å². The minimum Gasteiger partial charge on any atom is -0.345 e. The smallest absolute Gasteiger partial charge is 0.248 e. The molecule has 15 heavy (non-hydrogen) atoms. The average Bonchev–Trinajstić information content (AvgIpc) is 2.46. The van der Waals surface area contributed by atoms with Crippen LogP contribution in [-0.2, 0) is 14.4 Å². The van der Waals surface area contributed by atoms with E-state index in [9.17, 15) is 9.59 Å². The van der Waals surface area contributed by atoms with Crippen LogP contribution in [0.4, 0.5) is 0 Å². The molecule has 0 aliphatic carbocycles. The van der Waals surface area contributed by atoms with E-state index in [2.05, 4.69) is 5.48 Å². The summed E-state index contributed by atoms with van der Waals surface area (Å²) in [4.78, 5) is 29.3. The van der Waals surface area contributed by atoms with E-state index in [0.29, 0.717) is 19.1 Å². The third-order valence-electron chi connectivity index (χ3n) is 2.30. The van der Waals surface area contributed by atoms with Crippen molar-refractivity contribution in [2.45, 2.75) is 20.3 Å². The number of hydroxylamine groups is 1. The van der Waals surface area contributed by atoms with E-state index in [4.69, 9.17) is 4.84 Å². The number of hydrogen-bond acceptors (Lipinski definition) is 3. The van der Waals surface area contributed by atoms with Crippen LogP contribution in [0.25, 0.3) is 0 Å². The second kappa shape index (κ2) is 5.11. The third-order valence-corrected chi connectivity index (χ3v) is 2.30. The van der Waals surface area contributed by atoms with Gasteiger partial charge in [-0.3, -0.25) is 14.4 Å². The molecule has 2 amide bonds. The van der Waals surface area contributed by atoms with Gasteiger partial charge in [-0.2, -0.15) is 0 Å². The molecule has 5 nitrogen and oxygen atoms in total. The third kappa shape index (κ3) is 3.51. The highest BCUT2D eigenvalue weighted by Crippen LogP contribution is 2.15. The van der Waals surface area contributed by atoms with Gasteiger partial charge in [-0.15, -0.1) is 0 Å². The molecule has 1 rings (SSSR count). The fraction of sp³-hybridized carbons (Fsp3) is 0.800. The first-order valence-corrected chi connectivity index (χ1v) is 5.16. The molecule has 86 valence electrons. The normalized spacial score (nSPS) is 21.2. The Morgan fingerprint density at radius 1 is 1.67 bits per heavy atom. The molecule has 0 aromatic rings. The van der Waals surface area contributed by atoms with E-state index in [1.54, 1.807) is 11.9 Å². The highest BCUT2D eigenvalue weighted by atomic mass is 16.6. The molecule has 0 aromatic carbocycles. The quantitative estimate of drug-likeness (QED) is 0.679. The Labute approximate surface area is 89.7 Å². The zero-order valence-electron chi connectivity index (χ0n) is 9.45. The summed E-state index contributed by atoms with van der Waals surface area (Å²) in [5, 5.41) is 0. The minimum absolute atomic E-state index is 0.0130. The number of carbonyl (C=O) groups excluding carboxylic acids is 2. The van der Waals surface area contributed by atoms with Crippen LogP contribution in [0.1, 0.15) is 20.3 Å². The first kappa shape index (κ1) is 12.0. The predicted molar refractivity (Wildman–Crippen MR) is 54.7 cm³/mol. The summed E-state index contributed by atoms with van der Waals surface area (Å²) in [6.07, 6.45) is 0.285. The first-order chi connectivity index (χ1) is 7.00. The van der Waals surface area contributed by atoms with Gasteiger partial charge in [0, 0.05) is 20.0 Å². The molecular formula is C10H18N2O3. The average molecular weight is 214 g/mol. The maximum Gasteiger partial charge on any atom is 0.248 e. The van der Waals surface area contributed by atoms with Gasteiger partial charge in [0.15, 0.2) is 0 Å². The SMILES string of the molecule is CC(C)CONC(=O)C1CC(=O)N(C)C1. The molecule has 1 saturated heterocycles. The molecule has 5 heteroatoms. The molecule has 1 N–H and O–H groups in total. The second-order valence-corrected chi connectivity index (χ2v) is 4.35. The molecule has 0 spiro atoms. The fourth-order valence-electron chi connectivity index (χ4n) is 1.40. The number of hydrogen-bond donors (Lipinski definition) is 1. The van der Waals surface area contributed by atoms with Crippen molar-refractivity contribution in [3.63, 3.8) is 0 Å². The maximum atomic E-state index is 11.5. The van der Waals surface area contributed by atoms with E-state index in [-0.39, 0.29) is 24.2 Å². The number of rotatable bonds is 4. The molecule has 1 unspecified atom stereocenters. The maximum absolute atomic E-state index is 11.5. The topological polar surface area (TPSA) is 58.6 Å². The second-order valence-electron chi connectivity index (χ2n) is 4.35. The summed E-state index contributed by atoms with van der Waals surface area (Å²) >= 11 is 0. The number of likely N-dealkylation sites (tertiary alicyclic amines) is 1. The van der Waals surface area contributed by atoms with E-state index >= 15 is 0 Å². The molecule has 1 aliphatic rings. The summed E-state index contributed by atoms with van der Waals surface area (Å²) in [6, 6.07) is 0. The largest absolute Gasteiger partial charge is 0.345 e. The number of carbonyl (C=O) groups is 2. The lowest BCUT2D eigenvalue weighted by molar-refractivity contribution is -0.138. The molecular weight excluding hydrogens is 196 g/mol. The summed E-state index contributed by atoms with van der Waals surface area (Å²) in [6.45, 7) is 4.97. The van der Waals surface area contributed by atoms with Crippen molar-refractivity contribution in [1.29, 1.82) is 0 Å². The molecule has 0 saturated carbocycles. The van der Waals surface area contributed by atoms with Crippen LogP contribution in [-0.4, -0.2) is 36.9 Å². The van der Waals surface area contributed by atoms with Gasteiger partial charge >= 0.3 is 0 Å². The number of nitrogens with zero attached hydrogens (tertiary/aromatic N) is 1. The van der Waals surface area contributed by atoms with E-state index < -0.39 is 0 Å². The number of amides is 2. The minimum atomic E-state index is -0.269. The number of nitrogens with one attached hydrogen (secondary N) is 1. The van der Waals surface area contributed by atoms with Crippen LogP contribution in [0.2, 0.25) is 0 Å². The van der Waals surface area contributed by atoms with Crippen LogP contribution in [0.3, 0.4) is 0 Å². The van der Waals surface area contributed by atoms with E-state index in [0.717, 1.165) is 0 Å². The lowest BCUT2D eigenvalue weighted by atomic mass is 10.1. The van der Waals surface area contributed by atoms with Gasteiger partial charge in [-0.05, 0) is 5.92 Å². The highest BCUT2D eigenvalue weighted by Gasteiger charge is 2.32. The van der Waals surface area contributed by atoms with Crippen molar-refractivity contribution in [2.75, 3.05) is 20.2 Å². The Morgan fingerprint density at radius 3 is 2.80 bits per heavy atom. The van der Waals surface area contributed by atoms with Crippen LogP contribution in [0, 0.1) is 11.8 Å². The first-order valence-electron chi connectivity index (χ1n) is 5.16. The van der Waals surface area contributed by atoms with Gasteiger partial charge in [0.1, 0.15) is 0 Å². The van der Waals surface area contributed by atoms with Gasteiger partial charge in [-0.25, -0.2) is 5.48 Å². The Morgan fingerprint density at radius 2 is 2.33 bits per heavy atom.